The number of hydrogen-bond acceptors (Lipinski definition) is 4. The van der Waals surface area contributed by atoms with Crippen molar-refractivity contribution in [3.63, 3.8) is 0 Å². The van der Waals surface area contributed by atoms with Crippen LogP contribution in [0.25, 0.3) is 0 Å². The third-order valence-corrected chi connectivity index (χ3v) is 6.82. The predicted octanol–water partition coefficient (Wildman–Crippen LogP) is 0.449. The SMILES string of the molecule is Cl.O=S(=O)(N1CCOCC1)N1CCC(C2CCCN2)CC1. The minimum Gasteiger partial charge on any atom is -0.379 e. The summed E-state index contributed by atoms with van der Waals surface area (Å²) in [6.07, 6.45) is 4.49. The van der Waals surface area contributed by atoms with Gasteiger partial charge in [0.2, 0.25) is 0 Å². The van der Waals surface area contributed by atoms with Crippen LogP contribution in [0.1, 0.15) is 25.7 Å². The second-order valence-electron chi connectivity index (χ2n) is 5.96. The van der Waals surface area contributed by atoms with Crippen molar-refractivity contribution in [1.82, 2.24) is 13.9 Å². The molecule has 0 aromatic rings. The second-order valence-corrected chi connectivity index (χ2v) is 7.89. The highest BCUT2D eigenvalue weighted by molar-refractivity contribution is 7.86. The number of piperidine rings is 1. The first-order valence-electron chi connectivity index (χ1n) is 7.74. The van der Waals surface area contributed by atoms with Crippen LogP contribution in [0.5, 0.6) is 0 Å². The molecule has 0 saturated carbocycles. The van der Waals surface area contributed by atoms with Gasteiger partial charge in [-0.15, -0.1) is 12.4 Å². The molecule has 3 rings (SSSR count). The Kier molecular flexibility index (Phi) is 6.28. The van der Waals surface area contributed by atoms with Gasteiger partial charge in [0.25, 0.3) is 10.2 Å². The lowest BCUT2D eigenvalue weighted by Gasteiger charge is -2.37. The summed E-state index contributed by atoms with van der Waals surface area (Å²) in [5.41, 5.74) is 0. The summed E-state index contributed by atoms with van der Waals surface area (Å²) >= 11 is 0. The van der Waals surface area contributed by atoms with Crippen molar-refractivity contribution in [2.45, 2.75) is 31.7 Å². The Hall–Kier alpha value is 0.0800. The lowest BCUT2D eigenvalue weighted by molar-refractivity contribution is 0.0691. The van der Waals surface area contributed by atoms with Gasteiger partial charge in [-0.2, -0.15) is 17.0 Å². The molecular formula is C13H26ClN3O3S. The molecule has 3 saturated heterocycles. The summed E-state index contributed by atoms with van der Waals surface area (Å²) in [5, 5.41) is 3.55. The molecule has 3 heterocycles. The molecule has 6 nitrogen and oxygen atoms in total. The first kappa shape index (κ1) is 17.4. The minimum atomic E-state index is -3.27. The molecule has 0 amide bonds. The van der Waals surface area contributed by atoms with Gasteiger partial charge in [-0.3, -0.25) is 0 Å². The van der Waals surface area contributed by atoms with Gasteiger partial charge in [-0.05, 0) is 38.1 Å². The highest BCUT2D eigenvalue weighted by Gasteiger charge is 2.36. The largest absolute Gasteiger partial charge is 0.379 e. The van der Waals surface area contributed by atoms with Gasteiger partial charge in [0.1, 0.15) is 0 Å². The van der Waals surface area contributed by atoms with Crippen molar-refractivity contribution >= 4 is 22.6 Å². The van der Waals surface area contributed by atoms with E-state index in [1.807, 2.05) is 0 Å². The molecular weight excluding hydrogens is 314 g/mol. The second kappa shape index (κ2) is 7.57. The zero-order chi connectivity index (χ0) is 14.0. The lowest BCUT2D eigenvalue weighted by Crippen LogP contribution is -2.51. The molecule has 1 N–H and O–H groups in total. The molecule has 3 aliphatic heterocycles. The Morgan fingerprint density at radius 3 is 2.14 bits per heavy atom. The molecule has 1 unspecified atom stereocenters. The van der Waals surface area contributed by atoms with Crippen LogP contribution in [-0.2, 0) is 14.9 Å². The maximum absolute atomic E-state index is 12.5. The first-order chi connectivity index (χ1) is 9.68. The summed E-state index contributed by atoms with van der Waals surface area (Å²) in [6.45, 7) is 4.48. The van der Waals surface area contributed by atoms with Gasteiger partial charge in [0, 0.05) is 32.2 Å². The maximum Gasteiger partial charge on any atom is 0.282 e. The number of ether oxygens (including phenoxy) is 1. The third-order valence-electron chi connectivity index (χ3n) is 4.79. The molecule has 0 spiro atoms. The zero-order valence-electron chi connectivity index (χ0n) is 12.4. The van der Waals surface area contributed by atoms with E-state index in [1.165, 1.54) is 12.8 Å². The molecule has 3 aliphatic rings. The standard InChI is InChI=1S/C13H25N3O3S.ClH/c17-20(18,16-8-10-19-11-9-16)15-6-3-12(4-7-15)13-2-1-5-14-13;/h12-14H,1-11H2;1H. The smallest absolute Gasteiger partial charge is 0.282 e. The number of nitrogens with zero attached hydrogens (tertiary/aromatic N) is 2. The highest BCUT2D eigenvalue weighted by Crippen LogP contribution is 2.27. The van der Waals surface area contributed by atoms with E-state index >= 15 is 0 Å². The molecule has 0 bridgehead atoms. The summed E-state index contributed by atoms with van der Waals surface area (Å²) in [7, 11) is -3.27. The zero-order valence-corrected chi connectivity index (χ0v) is 14.0. The molecule has 1 atom stereocenters. The summed E-state index contributed by atoms with van der Waals surface area (Å²) in [6, 6.07) is 0.614. The van der Waals surface area contributed by atoms with Crippen molar-refractivity contribution in [2.24, 2.45) is 5.92 Å². The molecule has 0 aliphatic carbocycles. The normalized spacial score (nSPS) is 30.2. The summed E-state index contributed by atoms with van der Waals surface area (Å²) < 4.78 is 33.6. The van der Waals surface area contributed by atoms with Gasteiger partial charge >= 0.3 is 0 Å². The Balaban J connectivity index is 0.00000161. The van der Waals surface area contributed by atoms with E-state index in [2.05, 4.69) is 5.32 Å². The molecule has 124 valence electrons. The maximum atomic E-state index is 12.5. The Labute approximate surface area is 133 Å². The van der Waals surface area contributed by atoms with Crippen molar-refractivity contribution < 1.29 is 13.2 Å². The van der Waals surface area contributed by atoms with Gasteiger partial charge < -0.3 is 10.1 Å². The minimum absolute atomic E-state index is 0. The van der Waals surface area contributed by atoms with Crippen molar-refractivity contribution in [1.29, 1.82) is 0 Å². The summed E-state index contributed by atoms with van der Waals surface area (Å²) in [5.74, 6) is 0.647. The molecule has 3 fully saturated rings. The fourth-order valence-corrected chi connectivity index (χ4v) is 5.17. The molecule has 0 radical (unpaired) electrons. The number of hydrogen-bond donors (Lipinski definition) is 1. The Morgan fingerprint density at radius 2 is 1.57 bits per heavy atom. The fraction of sp³-hybridized carbons (Fsp3) is 1.00. The average Bonchev–Trinajstić information content (AvgIpc) is 3.02. The average molecular weight is 340 g/mol. The van der Waals surface area contributed by atoms with E-state index in [1.54, 1.807) is 8.61 Å². The van der Waals surface area contributed by atoms with E-state index in [0.29, 0.717) is 51.4 Å². The van der Waals surface area contributed by atoms with E-state index in [-0.39, 0.29) is 12.4 Å². The molecule has 21 heavy (non-hydrogen) atoms. The first-order valence-corrected chi connectivity index (χ1v) is 9.14. The quantitative estimate of drug-likeness (QED) is 0.811. The van der Waals surface area contributed by atoms with Crippen LogP contribution >= 0.6 is 12.4 Å². The number of halogens is 1. The van der Waals surface area contributed by atoms with Gasteiger partial charge in [-0.1, -0.05) is 0 Å². The highest BCUT2D eigenvalue weighted by atomic mass is 35.5. The molecule has 0 aromatic heterocycles. The van der Waals surface area contributed by atoms with Crippen molar-refractivity contribution in [3.8, 4) is 0 Å². The van der Waals surface area contributed by atoms with Gasteiger partial charge in [0.05, 0.1) is 13.2 Å². The number of morpholine rings is 1. The predicted molar refractivity (Wildman–Crippen MR) is 83.9 cm³/mol. The fourth-order valence-electron chi connectivity index (χ4n) is 3.56. The van der Waals surface area contributed by atoms with E-state index in [4.69, 9.17) is 4.74 Å². The Bertz CT molecular complexity index is 414. The number of rotatable bonds is 3. The number of nitrogens with one attached hydrogen (secondary N) is 1. The van der Waals surface area contributed by atoms with Crippen molar-refractivity contribution in [2.75, 3.05) is 45.9 Å². The van der Waals surface area contributed by atoms with Crippen molar-refractivity contribution in [3.05, 3.63) is 0 Å². The van der Waals surface area contributed by atoms with E-state index < -0.39 is 10.2 Å². The van der Waals surface area contributed by atoms with Crippen LogP contribution in [0.3, 0.4) is 0 Å². The van der Waals surface area contributed by atoms with Crippen LogP contribution in [0.15, 0.2) is 0 Å². The van der Waals surface area contributed by atoms with E-state index in [0.717, 1.165) is 19.4 Å². The molecule has 8 heteroatoms. The molecule has 0 aromatic carbocycles. The topological polar surface area (TPSA) is 61.9 Å². The third kappa shape index (κ3) is 3.89. The van der Waals surface area contributed by atoms with E-state index in [9.17, 15) is 8.42 Å². The Morgan fingerprint density at radius 1 is 0.952 bits per heavy atom. The van der Waals surface area contributed by atoms with Gasteiger partial charge in [-0.25, -0.2) is 0 Å². The lowest BCUT2D eigenvalue weighted by atomic mass is 9.89. The summed E-state index contributed by atoms with van der Waals surface area (Å²) in [4.78, 5) is 0. The van der Waals surface area contributed by atoms with Crippen LogP contribution < -0.4 is 5.32 Å². The van der Waals surface area contributed by atoms with Crippen LogP contribution in [0.4, 0.5) is 0 Å². The van der Waals surface area contributed by atoms with Gasteiger partial charge in [0.15, 0.2) is 0 Å². The monoisotopic (exact) mass is 339 g/mol. The van der Waals surface area contributed by atoms with Crippen LogP contribution in [-0.4, -0.2) is 69.0 Å². The van der Waals surface area contributed by atoms with Crippen LogP contribution in [0, 0.1) is 5.92 Å². The van der Waals surface area contributed by atoms with Crippen LogP contribution in [0.2, 0.25) is 0 Å².